The third-order valence-electron chi connectivity index (χ3n) is 13.3. The van der Waals surface area contributed by atoms with Crippen molar-refractivity contribution in [3.63, 3.8) is 0 Å². The van der Waals surface area contributed by atoms with E-state index in [2.05, 4.69) is 177 Å². The molecular formula is C65H67N10O2Pt2-5. The van der Waals surface area contributed by atoms with Crippen molar-refractivity contribution in [2.75, 3.05) is 35.1 Å². The summed E-state index contributed by atoms with van der Waals surface area (Å²) in [5.74, 6) is 3.17. The van der Waals surface area contributed by atoms with Crippen LogP contribution in [0.25, 0.3) is 10.6 Å². The van der Waals surface area contributed by atoms with Crippen LogP contribution in [0, 0.1) is 53.2 Å². The second-order valence-electron chi connectivity index (χ2n) is 21.4. The molecule has 2 aromatic heterocycles. The third-order valence-corrected chi connectivity index (χ3v) is 13.3. The molecule has 2 aliphatic rings. The molecule has 14 heteroatoms. The fourth-order valence-corrected chi connectivity index (χ4v) is 9.28. The van der Waals surface area contributed by atoms with Crippen LogP contribution in [-0.2, 0) is 53.0 Å². The first-order valence-corrected chi connectivity index (χ1v) is 25.9. The summed E-state index contributed by atoms with van der Waals surface area (Å²) < 4.78 is 12.8. The summed E-state index contributed by atoms with van der Waals surface area (Å²) in [6.07, 6.45) is 6.83. The van der Waals surface area contributed by atoms with Crippen molar-refractivity contribution in [2.45, 2.75) is 80.1 Å². The summed E-state index contributed by atoms with van der Waals surface area (Å²) in [5, 5.41) is 11.3. The van der Waals surface area contributed by atoms with Gasteiger partial charge in [-0.1, -0.05) is 139 Å². The largest absolute Gasteiger partial charge is 0.490 e. The Balaban J connectivity index is 0.000000237. The van der Waals surface area contributed by atoms with E-state index in [-0.39, 0.29) is 53.0 Å². The normalized spacial score (nSPS) is 14.7. The third kappa shape index (κ3) is 14.0. The number of para-hydroxylation sites is 2. The second kappa shape index (κ2) is 25.8. The molecule has 79 heavy (non-hydrogen) atoms. The minimum atomic E-state index is 0. The number of ether oxygens (including phenoxy) is 2. The molecule has 10 rings (SSSR count). The van der Waals surface area contributed by atoms with Crippen molar-refractivity contribution >= 4 is 69.8 Å². The molecule has 4 heterocycles. The van der Waals surface area contributed by atoms with E-state index >= 15 is 0 Å². The zero-order chi connectivity index (χ0) is 54.3. The Kier molecular flexibility index (Phi) is 19.4. The van der Waals surface area contributed by atoms with Crippen LogP contribution in [0.3, 0.4) is 0 Å². The monoisotopic (exact) mass is 1410 g/mol. The van der Waals surface area contributed by atoms with Gasteiger partial charge >= 0.3 is 0 Å². The summed E-state index contributed by atoms with van der Waals surface area (Å²) in [4.78, 5) is 22.9. The van der Waals surface area contributed by atoms with E-state index in [1.807, 2.05) is 123 Å². The van der Waals surface area contributed by atoms with Crippen LogP contribution < -0.4 is 28.9 Å². The summed E-state index contributed by atoms with van der Waals surface area (Å²) in [6.45, 7) is 26.3. The maximum Gasteiger partial charge on any atom is 0.170 e. The molecule has 12 nitrogen and oxygen atoms in total. The van der Waals surface area contributed by atoms with Gasteiger partial charge in [-0.15, -0.1) is 11.8 Å². The number of nitrogens with zero attached hydrogens (tertiary/aromatic N) is 10. The number of fused-ring (bicyclic) bond motifs is 2. The molecule has 0 bridgehead atoms. The van der Waals surface area contributed by atoms with Crippen molar-refractivity contribution in [1.82, 2.24) is 14.6 Å². The Morgan fingerprint density at radius 2 is 1.15 bits per heavy atom. The topological polar surface area (TPSA) is 107 Å². The molecule has 0 N–H and O–H groups in total. The molecule has 1 unspecified atom stereocenters. The van der Waals surface area contributed by atoms with E-state index in [0.29, 0.717) is 23.6 Å². The van der Waals surface area contributed by atoms with Gasteiger partial charge in [0.05, 0.1) is 12.7 Å². The average Bonchev–Trinajstić information content (AvgIpc) is 4.07. The molecule has 0 saturated carbocycles. The quantitative estimate of drug-likeness (QED) is 0.0351. The second-order valence-corrected chi connectivity index (χ2v) is 21.4. The molecule has 0 saturated heterocycles. The first-order valence-electron chi connectivity index (χ1n) is 25.9. The van der Waals surface area contributed by atoms with Gasteiger partial charge in [0, 0.05) is 72.0 Å². The molecule has 0 aliphatic carbocycles. The maximum absolute atomic E-state index is 6.24. The number of aromatic nitrogens is 2. The van der Waals surface area contributed by atoms with Gasteiger partial charge in [0.2, 0.25) is 0 Å². The van der Waals surface area contributed by atoms with Crippen LogP contribution in [0.5, 0.6) is 11.5 Å². The van der Waals surface area contributed by atoms with Crippen LogP contribution in [-0.4, -0.2) is 42.9 Å². The zero-order valence-corrected chi connectivity index (χ0v) is 51.2. The minimum absolute atomic E-state index is 0. The number of aryl methyl sites for hydroxylation is 4. The number of benzene rings is 6. The molecule has 0 spiro atoms. The van der Waals surface area contributed by atoms with E-state index in [9.17, 15) is 0 Å². The Morgan fingerprint density at radius 1 is 0.608 bits per heavy atom. The summed E-state index contributed by atoms with van der Waals surface area (Å²) in [5.41, 5.74) is 14.1. The Bertz CT molecular complexity index is 3360. The van der Waals surface area contributed by atoms with Crippen molar-refractivity contribution in [2.24, 2.45) is 9.98 Å². The average molecular weight is 1410 g/mol. The maximum atomic E-state index is 6.24. The van der Waals surface area contributed by atoms with E-state index in [1.165, 1.54) is 11.1 Å². The zero-order valence-electron chi connectivity index (χ0n) is 46.7. The molecule has 2 aliphatic heterocycles. The predicted molar refractivity (Wildman–Crippen MR) is 318 cm³/mol. The van der Waals surface area contributed by atoms with Gasteiger partial charge < -0.3 is 49.5 Å². The number of anilines is 5. The molecule has 0 amide bonds. The number of rotatable bonds is 14. The van der Waals surface area contributed by atoms with Crippen LogP contribution in [0.4, 0.5) is 57.1 Å². The van der Waals surface area contributed by atoms with Crippen molar-refractivity contribution < 1.29 is 51.6 Å². The smallest absolute Gasteiger partial charge is 0.170 e. The minimum Gasteiger partial charge on any atom is -0.490 e. The first-order chi connectivity index (χ1) is 37.0. The number of quaternary nitrogens is 1. The summed E-state index contributed by atoms with van der Waals surface area (Å²) in [6, 6.07) is 55.4. The van der Waals surface area contributed by atoms with Gasteiger partial charge in [0.15, 0.2) is 11.5 Å². The number of hydrogen-bond acceptors (Lipinski definition) is 9. The van der Waals surface area contributed by atoms with Crippen LogP contribution in [0.1, 0.15) is 74.9 Å². The van der Waals surface area contributed by atoms with Gasteiger partial charge in [-0.2, -0.15) is 54.6 Å². The summed E-state index contributed by atoms with van der Waals surface area (Å²) >= 11 is 0. The van der Waals surface area contributed by atoms with Gasteiger partial charge in [-0.25, -0.2) is 9.97 Å². The van der Waals surface area contributed by atoms with Crippen LogP contribution in [0.15, 0.2) is 168 Å². The van der Waals surface area contributed by atoms with Crippen molar-refractivity contribution in [3.05, 3.63) is 227 Å². The fourth-order valence-electron chi connectivity index (χ4n) is 9.28. The number of aliphatic imine (C=N–C) groups is 2. The molecular weight excluding hydrogens is 1340 g/mol. The van der Waals surface area contributed by atoms with E-state index in [1.54, 1.807) is 12.7 Å². The van der Waals surface area contributed by atoms with E-state index < -0.39 is 0 Å². The van der Waals surface area contributed by atoms with Crippen molar-refractivity contribution in [3.8, 4) is 11.5 Å². The Hall–Kier alpha value is -7.10. The number of pyridine rings is 2. The van der Waals surface area contributed by atoms with Gasteiger partial charge in [-0.05, 0) is 109 Å². The van der Waals surface area contributed by atoms with E-state index in [0.717, 1.165) is 85.1 Å². The number of hydrogen-bond donors (Lipinski definition) is 0. The van der Waals surface area contributed by atoms with Crippen LogP contribution >= 0.6 is 0 Å². The van der Waals surface area contributed by atoms with E-state index in [4.69, 9.17) is 14.5 Å². The predicted octanol–water partition coefficient (Wildman–Crippen LogP) is 16.7. The Labute approximate surface area is 496 Å². The SMILES string of the molecule is C[N+]1(N2[CH-]N(c3[c-]cccc3)c3ncccc32)[CH-]N(c2[c-]cccc2)c2ncccc21.Cc1cc(C)c(OCCOc2cc(C)cc(C)c2N=C[N-]c2ccc(C(C)(C)C)cc2)c(N=C[N-]c2ccc(C(C)(C)C)cc2)c1.[Pt].[Pt]. The first kappa shape index (κ1) is 59.6. The molecule has 8 aromatic rings. The van der Waals surface area contributed by atoms with Gasteiger partial charge in [0.25, 0.3) is 0 Å². The molecule has 0 radical (unpaired) electrons. The van der Waals surface area contributed by atoms with Gasteiger partial charge in [-0.3, -0.25) is 0 Å². The van der Waals surface area contributed by atoms with Gasteiger partial charge in [0.1, 0.15) is 30.5 Å². The fraction of sp³-hybridized carbons (Fsp3) is 0.231. The molecule has 1 atom stereocenters. The molecule has 6 aromatic carbocycles. The standard InChI is InChI=1S/C40H48N4O2.C25H19N6.2Pt/c1-27-22-30(4)38(35(23-27)43-25-41-33-15-11-31(12-16-33)39(5,6)7)46-20-19-45-36-24-28(2)21-29(3)37(36)44-26-42-34-17-13-32(14-18-34)40(8,9)10;1-31(19-29(21-12-6-3-7-13-21)25-23(31)15-9-17-27-25)30-18-28(20-10-4-2-5-11-20)24-22(30)14-8-16-26-24;;/h11-18,21-26H,19-20H2,1-10H3;2-10,12,14-19H,1H3;;/q-2;-3;;. The molecule has 0 fully saturated rings. The van der Waals surface area contributed by atoms with Crippen molar-refractivity contribution in [1.29, 1.82) is 0 Å². The Morgan fingerprint density at radius 3 is 1.75 bits per heavy atom. The van der Waals surface area contributed by atoms with Crippen LogP contribution in [0.2, 0.25) is 0 Å². The molecule has 414 valence electrons. The summed E-state index contributed by atoms with van der Waals surface area (Å²) in [7, 11) is 2.15.